The van der Waals surface area contributed by atoms with Crippen LogP contribution in [0.15, 0.2) is 54.6 Å². The van der Waals surface area contributed by atoms with Crippen LogP contribution < -0.4 is 0 Å². The van der Waals surface area contributed by atoms with E-state index in [0.717, 1.165) is 57.1 Å². The van der Waals surface area contributed by atoms with Crippen LogP contribution in [0.2, 0.25) is 0 Å². The Morgan fingerprint density at radius 1 is 0.882 bits per heavy atom. The maximum Gasteiger partial charge on any atom is 0.254 e. The number of amides is 2. The molecule has 6 rings (SSSR count). The lowest BCUT2D eigenvalue weighted by molar-refractivity contribution is -0.136. The minimum Gasteiger partial charge on any atom is -0.341 e. The maximum atomic E-state index is 13.8. The maximum absolute atomic E-state index is 13.8. The average Bonchev–Trinajstić information content (AvgIpc) is 3.50. The summed E-state index contributed by atoms with van der Waals surface area (Å²) in [7, 11) is 0. The summed E-state index contributed by atoms with van der Waals surface area (Å²) in [5.41, 5.74) is 1.77. The molecule has 34 heavy (non-hydrogen) atoms. The van der Waals surface area contributed by atoms with Crippen molar-refractivity contribution in [2.75, 3.05) is 13.1 Å². The van der Waals surface area contributed by atoms with Crippen molar-refractivity contribution in [1.82, 2.24) is 14.8 Å². The number of para-hydroxylation sites is 1. The van der Waals surface area contributed by atoms with Crippen LogP contribution in [0.5, 0.6) is 0 Å². The van der Waals surface area contributed by atoms with Crippen molar-refractivity contribution in [2.24, 2.45) is 5.92 Å². The van der Waals surface area contributed by atoms with E-state index in [2.05, 4.69) is 18.2 Å². The fraction of sp³-hybridized carbons (Fsp3) is 0.464. The van der Waals surface area contributed by atoms with Crippen LogP contribution in [-0.4, -0.2) is 51.8 Å². The Morgan fingerprint density at radius 2 is 1.62 bits per heavy atom. The Bertz CT molecular complexity index is 1150. The molecular weight excluding hydrogens is 442 g/mol. The molecule has 1 aromatic heterocycles. The van der Waals surface area contributed by atoms with Gasteiger partial charge >= 0.3 is 0 Å². The van der Waals surface area contributed by atoms with E-state index in [-0.39, 0.29) is 23.9 Å². The van der Waals surface area contributed by atoms with Gasteiger partial charge in [-0.1, -0.05) is 43.2 Å². The molecular formula is C28H31N3O2S. The van der Waals surface area contributed by atoms with E-state index in [9.17, 15) is 9.59 Å². The van der Waals surface area contributed by atoms with E-state index in [1.54, 1.807) is 11.3 Å². The van der Waals surface area contributed by atoms with E-state index in [0.29, 0.717) is 17.4 Å². The summed E-state index contributed by atoms with van der Waals surface area (Å²) in [5, 5.41) is 1.20. The lowest BCUT2D eigenvalue weighted by Crippen LogP contribution is -2.52. The van der Waals surface area contributed by atoms with E-state index in [1.807, 2.05) is 46.2 Å². The molecule has 3 fully saturated rings. The summed E-state index contributed by atoms with van der Waals surface area (Å²) in [6.07, 6.45) is 7.21. The van der Waals surface area contributed by atoms with E-state index in [4.69, 9.17) is 4.98 Å². The highest BCUT2D eigenvalue weighted by atomic mass is 32.1. The van der Waals surface area contributed by atoms with Crippen molar-refractivity contribution in [3.05, 3.63) is 65.2 Å². The Hall–Kier alpha value is -2.73. The fourth-order valence-corrected chi connectivity index (χ4v) is 7.46. The Balaban J connectivity index is 1.18. The number of fused-ring (bicyclic) bond motifs is 2. The number of likely N-dealkylation sites (tertiary alicyclic amines) is 2. The molecule has 0 radical (unpaired) electrons. The minimum absolute atomic E-state index is 0.0257. The highest BCUT2D eigenvalue weighted by molar-refractivity contribution is 7.18. The van der Waals surface area contributed by atoms with Gasteiger partial charge in [-0.2, -0.15) is 0 Å². The summed E-state index contributed by atoms with van der Waals surface area (Å²) in [5.74, 6) is 1.05. The lowest BCUT2D eigenvalue weighted by atomic mass is 9.84. The van der Waals surface area contributed by atoms with Gasteiger partial charge in [-0.15, -0.1) is 11.3 Å². The number of carbonyl (C=O) groups excluding carboxylic acids is 2. The molecule has 0 spiro atoms. The van der Waals surface area contributed by atoms with E-state index in [1.165, 1.54) is 16.1 Å². The molecule has 0 N–H and O–H groups in total. The molecule has 3 heterocycles. The topological polar surface area (TPSA) is 53.5 Å². The lowest BCUT2D eigenvalue weighted by Gasteiger charge is -2.37. The Labute approximate surface area is 204 Å². The average molecular weight is 474 g/mol. The van der Waals surface area contributed by atoms with Gasteiger partial charge in [0, 0.05) is 30.6 Å². The number of carbonyl (C=O) groups is 2. The molecule has 2 saturated heterocycles. The third-order valence-corrected chi connectivity index (χ3v) is 9.29. The van der Waals surface area contributed by atoms with Gasteiger partial charge in [0.05, 0.1) is 15.2 Å². The number of thiazole rings is 1. The number of aromatic nitrogens is 1. The molecule has 1 saturated carbocycles. The molecule has 0 bridgehead atoms. The van der Waals surface area contributed by atoms with Gasteiger partial charge < -0.3 is 9.80 Å². The van der Waals surface area contributed by atoms with Gasteiger partial charge in [0.25, 0.3) is 5.91 Å². The molecule has 5 nitrogen and oxygen atoms in total. The van der Waals surface area contributed by atoms with Gasteiger partial charge in [-0.05, 0) is 62.3 Å². The van der Waals surface area contributed by atoms with Crippen molar-refractivity contribution in [3.63, 3.8) is 0 Å². The van der Waals surface area contributed by atoms with Crippen LogP contribution in [-0.2, 0) is 4.79 Å². The van der Waals surface area contributed by atoms with Crippen LogP contribution in [0.3, 0.4) is 0 Å². The predicted octanol–water partition coefficient (Wildman–Crippen LogP) is 5.48. The predicted molar refractivity (Wildman–Crippen MR) is 135 cm³/mol. The standard InChI is InChI=1S/C28H31N3O2S/c32-27(20-8-2-1-3-9-20)31-23-12-6-4-10-21(23)18-24(31)28(33)30-16-14-19(15-17-30)26-29-22-11-5-7-13-25(22)34-26/h1-3,5,7-9,11,13,19,21,23-24H,4,6,10,12,14-18H2. The van der Waals surface area contributed by atoms with Crippen LogP contribution in [0, 0.1) is 5.92 Å². The molecule has 1 aliphatic carbocycles. The molecule has 3 aromatic rings. The first-order valence-corrected chi connectivity index (χ1v) is 13.5. The van der Waals surface area contributed by atoms with Gasteiger partial charge in [0.15, 0.2) is 0 Å². The molecule has 6 heteroatoms. The third-order valence-electron chi connectivity index (χ3n) is 8.09. The zero-order valence-corrected chi connectivity index (χ0v) is 20.3. The highest BCUT2D eigenvalue weighted by Gasteiger charge is 2.48. The monoisotopic (exact) mass is 473 g/mol. The number of hydrogen-bond donors (Lipinski definition) is 0. The minimum atomic E-state index is -0.320. The zero-order chi connectivity index (χ0) is 23.1. The largest absolute Gasteiger partial charge is 0.341 e. The van der Waals surface area contributed by atoms with Crippen molar-refractivity contribution in [1.29, 1.82) is 0 Å². The number of hydrogen-bond acceptors (Lipinski definition) is 4. The number of piperidine rings is 1. The van der Waals surface area contributed by atoms with Crippen molar-refractivity contribution in [3.8, 4) is 0 Å². The van der Waals surface area contributed by atoms with Gasteiger partial charge in [0.1, 0.15) is 6.04 Å². The molecule has 176 valence electrons. The normalized spacial score (nSPS) is 25.5. The van der Waals surface area contributed by atoms with Crippen molar-refractivity contribution in [2.45, 2.75) is 62.9 Å². The number of benzene rings is 2. The van der Waals surface area contributed by atoms with Crippen LogP contribution >= 0.6 is 11.3 Å². The molecule has 2 aliphatic heterocycles. The third kappa shape index (κ3) is 3.92. The first-order valence-electron chi connectivity index (χ1n) is 12.7. The van der Waals surface area contributed by atoms with E-state index >= 15 is 0 Å². The summed E-state index contributed by atoms with van der Waals surface area (Å²) >= 11 is 1.79. The summed E-state index contributed by atoms with van der Waals surface area (Å²) < 4.78 is 1.24. The second-order valence-corrected chi connectivity index (χ2v) is 11.1. The summed E-state index contributed by atoms with van der Waals surface area (Å²) in [6.45, 7) is 1.50. The smallest absolute Gasteiger partial charge is 0.254 e. The van der Waals surface area contributed by atoms with Crippen molar-refractivity contribution >= 4 is 33.4 Å². The Morgan fingerprint density at radius 3 is 2.41 bits per heavy atom. The number of nitrogens with zero attached hydrogens (tertiary/aromatic N) is 3. The first-order chi connectivity index (χ1) is 16.7. The Kier molecular flexibility index (Phi) is 5.85. The first kappa shape index (κ1) is 21.8. The molecule has 3 atom stereocenters. The number of rotatable bonds is 3. The van der Waals surface area contributed by atoms with Gasteiger partial charge in [0.2, 0.25) is 5.91 Å². The van der Waals surface area contributed by atoms with Crippen LogP contribution in [0.4, 0.5) is 0 Å². The van der Waals surface area contributed by atoms with Gasteiger partial charge in [-0.25, -0.2) is 4.98 Å². The quantitative estimate of drug-likeness (QED) is 0.506. The summed E-state index contributed by atoms with van der Waals surface area (Å²) in [4.78, 5) is 36.2. The SMILES string of the molecule is O=C(C1CC2CCCCC2N1C(=O)c1ccccc1)N1CCC(c2nc3ccccc3s2)CC1. The van der Waals surface area contributed by atoms with Crippen molar-refractivity contribution < 1.29 is 9.59 Å². The summed E-state index contributed by atoms with van der Waals surface area (Å²) in [6, 6.07) is 17.7. The second kappa shape index (κ2) is 9.14. The molecule has 2 amide bonds. The molecule has 3 unspecified atom stereocenters. The molecule has 3 aliphatic rings. The highest BCUT2D eigenvalue weighted by Crippen LogP contribution is 2.42. The second-order valence-electron chi connectivity index (χ2n) is 10.1. The molecule has 2 aromatic carbocycles. The fourth-order valence-electron chi connectivity index (χ4n) is 6.32. The van der Waals surface area contributed by atoms with Crippen LogP contribution in [0.1, 0.15) is 66.2 Å². The van der Waals surface area contributed by atoms with Crippen LogP contribution in [0.25, 0.3) is 10.2 Å². The van der Waals surface area contributed by atoms with Gasteiger partial charge in [-0.3, -0.25) is 9.59 Å². The zero-order valence-electron chi connectivity index (χ0n) is 19.4. The van der Waals surface area contributed by atoms with E-state index < -0.39 is 0 Å².